The highest BCUT2D eigenvalue weighted by Gasteiger charge is 2.36. The van der Waals surface area contributed by atoms with E-state index in [2.05, 4.69) is 0 Å². The molecule has 0 aliphatic carbocycles. The predicted molar refractivity (Wildman–Crippen MR) is 142 cm³/mol. The van der Waals surface area contributed by atoms with E-state index in [0.717, 1.165) is 6.42 Å². The van der Waals surface area contributed by atoms with Crippen molar-refractivity contribution in [2.24, 2.45) is 23.5 Å². The number of rotatable bonds is 15. The first kappa shape index (κ1) is 33.7. The Bertz CT molecular complexity index is 962. The minimum atomic E-state index is -1.56. The highest BCUT2D eigenvalue weighted by atomic mass is 16.7. The second kappa shape index (κ2) is 16.6. The summed E-state index contributed by atoms with van der Waals surface area (Å²) in [6.07, 6.45) is -0.525. The number of esters is 2. The molecule has 0 saturated heterocycles. The van der Waals surface area contributed by atoms with E-state index in [4.69, 9.17) is 34.2 Å². The van der Waals surface area contributed by atoms with Gasteiger partial charge in [-0.15, -0.1) is 0 Å². The number of ether oxygens (including phenoxy) is 6. The lowest BCUT2D eigenvalue weighted by molar-refractivity contribution is -0.153. The first-order chi connectivity index (χ1) is 18.3. The Morgan fingerprint density at radius 3 is 1.95 bits per heavy atom. The van der Waals surface area contributed by atoms with Gasteiger partial charge in [0.2, 0.25) is 0 Å². The summed E-state index contributed by atoms with van der Waals surface area (Å²) in [7, 11) is 1.21. The second-order valence-electron chi connectivity index (χ2n) is 10.3. The minimum Gasteiger partial charge on any atom is -0.468 e. The molecular formula is C28H43NO10. The van der Waals surface area contributed by atoms with Crippen molar-refractivity contribution in [3.05, 3.63) is 23.8 Å². The minimum absolute atomic E-state index is 0.0172. The summed E-state index contributed by atoms with van der Waals surface area (Å²) in [6.45, 7) is 11.4. The first-order valence-electron chi connectivity index (χ1n) is 13.2. The molecule has 1 aromatic rings. The molecule has 0 amide bonds. The normalized spacial score (nSPS) is 13.3. The molecule has 0 bridgehead atoms. The van der Waals surface area contributed by atoms with Gasteiger partial charge in [-0.2, -0.15) is 0 Å². The van der Waals surface area contributed by atoms with Gasteiger partial charge in [-0.25, -0.2) is 9.59 Å². The lowest BCUT2D eigenvalue weighted by Crippen LogP contribution is -2.51. The van der Waals surface area contributed by atoms with Crippen LogP contribution in [0.2, 0.25) is 0 Å². The topological polar surface area (TPSA) is 150 Å². The van der Waals surface area contributed by atoms with Gasteiger partial charge < -0.3 is 34.2 Å². The Morgan fingerprint density at radius 1 is 0.872 bits per heavy atom. The molecule has 0 heterocycles. The number of hydrogen-bond acceptors (Lipinski definition) is 11. The monoisotopic (exact) mass is 553 g/mol. The second-order valence-corrected chi connectivity index (χ2v) is 10.3. The molecule has 0 radical (unpaired) electrons. The highest BCUT2D eigenvalue weighted by molar-refractivity contribution is 5.81. The van der Waals surface area contributed by atoms with Crippen molar-refractivity contribution in [3.8, 4) is 11.5 Å². The summed E-state index contributed by atoms with van der Waals surface area (Å²) in [6, 6.07) is 4.35. The van der Waals surface area contributed by atoms with Crippen LogP contribution in [0.15, 0.2) is 18.2 Å². The zero-order chi connectivity index (χ0) is 29.6. The number of carbonyl (C=O) groups is 4. The molecule has 0 aliphatic heterocycles. The summed E-state index contributed by atoms with van der Waals surface area (Å²) >= 11 is 0. The van der Waals surface area contributed by atoms with Gasteiger partial charge in [0.1, 0.15) is 5.54 Å². The van der Waals surface area contributed by atoms with E-state index >= 15 is 0 Å². The molecule has 0 spiro atoms. The Labute approximate surface area is 230 Å². The summed E-state index contributed by atoms with van der Waals surface area (Å²) < 4.78 is 30.9. The standard InChI is InChI=1S/C28H43NO10/c1-8-9-20(6)24(30)35-13-12-28(29,25(31)34-7)15-21-10-11-22(38-26(32)36-16-18(2)3)23(14-21)39-27(33)37-17-19(4)5/h10-11,14,18-20H,8-9,12-13,15-17,29H2,1-7H3/t20-,28?/m0/s1. The Morgan fingerprint density at radius 2 is 1.44 bits per heavy atom. The van der Waals surface area contributed by atoms with Crippen molar-refractivity contribution in [2.45, 2.75) is 72.8 Å². The van der Waals surface area contributed by atoms with E-state index in [9.17, 15) is 19.2 Å². The molecule has 2 N–H and O–H groups in total. The molecule has 0 saturated carbocycles. The Kier molecular flexibility index (Phi) is 14.3. The maximum absolute atomic E-state index is 12.6. The number of methoxy groups -OCH3 is 1. The number of carbonyl (C=O) groups excluding carboxylic acids is 4. The zero-order valence-electron chi connectivity index (χ0n) is 24.1. The third-order valence-corrected chi connectivity index (χ3v) is 5.49. The molecule has 1 aromatic carbocycles. The summed E-state index contributed by atoms with van der Waals surface area (Å²) in [4.78, 5) is 49.2. The smallest absolute Gasteiger partial charge is 0.468 e. The molecule has 39 heavy (non-hydrogen) atoms. The molecule has 1 rings (SSSR count). The third-order valence-electron chi connectivity index (χ3n) is 5.49. The van der Waals surface area contributed by atoms with Crippen LogP contribution in [0.1, 0.15) is 66.4 Å². The maximum atomic E-state index is 12.6. The zero-order valence-corrected chi connectivity index (χ0v) is 24.1. The fraction of sp³-hybridized carbons (Fsp3) is 0.643. The van der Waals surface area contributed by atoms with Crippen LogP contribution in [0.25, 0.3) is 0 Å². The predicted octanol–water partition coefficient (Wildman–Crippen LogP) is 4.81. The molecule has 11 nitrogen and oxygen atoms in total. The molecular weight excluding hydrogens is 510 g/mol. The van der Waals surface area contributed by atoms with Crippen LogP contribution in [0.4, 0.5) is 9.59 Å². The SMILES string of the molecule is CCC[C@H](C)C(=O)OCCC(N)(Cc1ccc(OC(=O)OCC(C)C)c(OC(=O)OCC(C)C)c1)C(=O)OC. The van der Waals surface area contributed by atoms with Gasteiger partial charge in [0.25, 0.3) is 0 Å². The third kappa shape index (κ3) is 12.4. The largest absolute Gasteiger partial charge is 0.513 e. The molecule has 11 heteroatoms. The van der Waals surface area contributed by atoms with Crippen LogP contribution >= 0.6 is 0 Å². The highest BCUT2D eigenvalue weighted by Crippen LogP contribution is 2.31. The summed E-state index contributed by atoms with van der Waals surface area (Å²) in [5, 5.41) is 0. The van der Waals surface area contributed by atoms with Crippen molar-refractivity contribution in [3.63, 3.8) is 0 Å². The van der Waals surface area contributed by atoms with Crippen LogP contribution in [0.3, 0.4) is 0 Å². The first-order valence-corrected chi connectivity index (χ1v) is 13.2. The van der Waals surface area contributed by atoms with Gasteiger partial charge in [0.15, 0.2) is 11.5 Å². The Balaban J connectivity index is 3.14. The van der Waals surface area contributed by atoms with Gasteiger partial charge in [0.05, 0.1) is 32.8 Å². The maximum Gasteiger partial charge on any atom is 0.513 e. The van der Waals surface area contributed by atoms with E-state index < -0.39 is 23.8 Å². The fourth-order valence-electron chi connectivity index (χ4n) is 3.39. The number of benzene rings is 1. The van der Waals surface area contributed by atoms with Gasteiger partial charge in [-0.1, -0.05) is 54.0 Å². The van der Waals surface area contributed by atoms with Crippen molar-refractivity contribution in [1.29, 1.82) is 0 Å². The van der Waals surface area contributed by atoms with E-state index in [-0.39, 0.29) is 67.9 Å². The van der Waals surface area contributed by atoms with Crippen LogP contribution in [0, 0.1) is 17.8 Å². The van der Waals surface area contributed by atoms with Crippen LogP contribution in [-0.2, 0) is 35.0 Å². The van der Waals surface area contributed by atoms with Gasteiger partial charge >= 0.3 is 24.2 Å². The van der Waals surface area contributed by atoms with E-state index in [1.807, 2.05) is 34.6 Å². The molecule has 0 fully saturated rings. The van der Waals surface area contributed by atoms with Crippen LogP contribution in [0.5, 0.6) is 11.5 Å². The molecule has 220 valence electrons. The molecule has 0 aromatic heterocycles. The van der Waals surface area contributed by atoms with Gasteiger partial charge in [-0.05, 0) is 36.0 Å². The lowest BCUT2D eigenvalue weighted by Gasteiger charge is -2.27. The van der Waals surface area contributed by atoms with Crippen LogP contribution < -0.4 is 15.2 Å². The average molecular weight is 554 g/mol. The van der Waals surface area contributed by atoms with Crippen molar-refractivity contribution in [2.75, 3.05) is 26.9 Å². The van der Waals surface area contributed by atoms with Crippen molar-refractivity contribution >= 4 is 24.2 Å². The molecule has 1 unspecified atom stereocenters. The van der Waals surface area contributed by atoms with E-state index in [1.54, 1.807) is 13.0 Å². The lowest BCUT2D eigenvalue weighted by atomic mass is 9.88. The fourth-order valence-corrected chi connectivity index (χ4v) is 3.39. The average Bonchev–Trinajstić information content (AvgIpc) is 2.87. The quantitative estimate of drug-likeness (QED) is 0.181. The number of hydrogen-bond donors (Lipinski definition) is 1. The number of nitrogens with two attached hydrogens (primary N) is 1. The molecule has 2 atom stereocenters. The summed E-state index contributed by atoms with van der Waals surface area (Å²) in [5.41, 5.74) is 5.32. The van der Waals surface area contributed by atoms with E-state index in [0.29, 0.717) is 12.0 Å². The van der Waals surface area contributed by atoms with Crippen LogP contribution in [-0.4, -0.2) is 56.7 Å². The summed E-state index contributed by atoms with van der Waals surface area (Å²) in [5.74, 6) is -1.41. The molecule has 0 aliphatic rings. The van der Waals surface area contributed by atoms with Gasteiger partial charge in [-0.3, -0.25) is 9.59 Å². The van der Waals surface area contributed by atoms with Crippen molar-refractivity contribution in [1.82, 2.24) is 0 Å². The Hall–Kier alpha value is -3.34. The van der Waals surface area contributed by atoms with Gasteiger partial charge in [0, 0.05) is 12.8 Å². The van der Waals surface area contributed by atoms with Crippen molar-refractivity contribution < 1.29 is 47.6 Å². The van der Waals surface area contributed by atoms with E-state index in [1.165, 1.54) is 19.2 Å².